The molecule has 5 nitrogen and oxygen atoms in total. The van der Waals surface area contributed by atoms with Crippen LogP contribution < -0.4 is 5.32 Å². The van der Waals surface area contributed by atoms with E-state index in [0.717, 1.165) is 25.9 Å². The highest BCUT2D eigenvalue weighted by Crippen LogP contribution is 2.06. The molecule has 0 bridgehead atoms. The molecular weight excluding hydrogens is 184 g/mol. The summed E-state index contributed by atoms with van der Waals surface area (Å²) >= 11 is 0. The molecule has 1 fully saturated rings. The van der Waals surface area contributed by atoms with Crippen LogP contribution in [0.1, 0.15) is 19.3 Å². The first-order valence-electron chi connectivity index (χ1n) is 5.05. The van der Waals surface area contributed by atoms with Crippen LogP contribution in [0.2, 0.25) is 0 Å². The van der Waals surface area contributed by atoms with Crippen LogP contribution in [0.3, 0.4) is 0 Å². The molecule has 0 aliphatic carbocycles. The van der Waals surface area contributed by atoms with E-state index < -0.39 is 6.10 Å². The van der Waals surface area contributed by atoms with Crippen molar-refractivity contribution in [3.63, 3.8) is 0 Å². The molecule has 2 amide bonds. The van der Waals surface area contributed by atoms with E-state index in [1.165, 1.54) is 0 Å². The normalized spacial score (nSPS) is 18.3. The minimum Gasteiger partial charge on any atom is -0.394 e. The number of nitrogens with zero attached hydrogens (tertiary/aromatic N) is 1. The van der Waals surface area contributed by atoms with Gasteiger partial charge in [-0.1, -0.05) is 0 Å². The van der Waals surface area contributed by atoms with Crippen LogP contribution in [-0.2, 0) is 0 Å². The summed E-state index contributed by atoms with van der Waals surface area (Å²) < 4.78 is 0. The molecule has 1 rings (SSSR count). The summed E-state index contributed by atoms with van der Waals surface area (Å²) in [4.78, 5) is 13.2. The highest BCUT2D eigenvalue weighted by Gasteiger charge is 2.17. The van der Waals surface area contributed by atoms with E-state index in [9.17, 15) is 4.79 Å². The van der Waals surface area contributed by atoms with Gasteiger partial charge in [-0.3, -0.25) is 0 Å². The van der Waals surface area contributed by atoms with E-state index in [4.69, 9.17) is 10.2 Å². The molecule has 0 spiro atoms. The van der Waals surface area contributed by atoms with Gasteiger partial charge >= 0.3 is 6.03 Å². The third-order valence-electron chi connectivity index (χ3n) is 2.36. The maximum atomic E-state index is 11.4. The summed E-state index contributed by atoms with van der Waals surface area (Å²) in [5.74, 6) is 0. The van der Waals surface area contributed by atoms with Crippen LogP contribution >= 0.6 is 0 Å². The fraction of sp³-hybridized carbons (Fsp3) is 0.889. The Labute approximate surface area is 83.7 Å². The van der Waals surface area contributed by atoms with Crippen LogP contribution in [0.5, 0.6) is 0 Å². The molecular formula is C9H18N2O3. The van der Waals surface area contributed by atoms with Gasteiger partial charge in [0, 0.05) is 19.6 Å². The Morgan fingerprint density at radius 3 is 2.64 bits per heavy atom. The molecule has 82 valence electrons. The number of nitrogens with one attached hydrogen (secondary N) is 1. The third-order valence-corrected chi connectivity index (χ3v) is 2.36. The molecule has 1 saturated heterocycles. The number of hydrogen-bond acceptors (Lipinski definition) is 3. The Balaban J connectivity index is 2.08. The van der Waals surface area contributed by atoms with E-state index in [0.29, 0.717) is 13.0 Å². The maximum Gasteiger partial charge on any atom is 0.317 e. The first kappa shape index (κ1) is 11.3. The summed E-state index contributed by atoms with van der Waals surface area (Å²) in [6.45, 7) is 1.82. The van der Waals surface area contributed by atoms with Crippen molar-refractivity contribution in [2.75, 3.05) is 26.2 Å². The number of carbonyl (C=O) groups is 1. The smallest absolute Gasteiger partial charge is 0.317 e. The lowest BCUT2D eigenvalue weighted by Gasteiger charge is -2.16. The van der Waals surface area contributed by atoms with E-state index >= 15 is 0 Å². The van der Waals surface area contributed by atoms with Crippen molar-refractivity contribution >= 4 is 6.03 Å². The Morgan fingerprint density at radius 2 is 2.07 bits per heavy atom. The predicted octanol–water partition coefficient (Wildman–Crippen LogP) is -0.465. The van der Waals surface area contributed by atoms with E-state index in [-0.39, 0.29) is 12.6 Å². The quantitative estimate of drug-likeness (QED) is 0.577. The van der Waals surface area contributed by atoms with Crippen LogP contribution in [-0.4, -0.2) is 53.5 Å². The van der Waals surface area contributed by atoms with E-state index in [2.05, 4.69) is 5.32 Å². The molecule has 1 atom stereocenters. The van der Waals surface area contributed by atoms with Crippen molar-refractivity contribution in [1.82, 2.24) is 10.2 Å². The second kappa shape index (κ2) is 5.82. The van der Waals surface area contributed by atoms with Crippen molar-refractivity contribution in [3.8, 4) is 0 Å². The zero-order valence-electron chi connectivity index (χ0n) is 8.28. The van der Waals surface area contributed by atoms with Gasteiger partial charge in [-0.25, -0.2) is 4.79 Å². The molecule has 1 heterocycles. The van der Waals surface area contributed by atoms with Gasteiger partial charge in [0.25, 0.3) is 0 Å². The Bertz CT molecular complexity index is 181. The number of carbonyl (C=O) groups excluding carboxylic acids is 1. The molecule has 0 aromatic carbocycles. The van der Waals surface area contributed by atoms with Gasteiger partial charge in [-0.2, -0.15) is 0 Å². The highest BCUT2D eigenvalue weighted by molar-refractivity contribution is 5.74. The molecule has 0 aromatic rings. The van der Waals surface area contributed by atoms with E-state index in [1.807, 2.05) is 0 Å². The molecule has 0 aromatic heterocycles. The van der Waals surface area contributed by atoms with Gasteiger partial charge in [0.05, 0.1) is 12.7 Å². The lowest BCUT2D eigenvalue weighted by atomic mass is 10.3. The monoisotopic (exact) mass is 202 g/mol. The molecule has 0 saturated carbocycles. The van der Waals surface area contributed by atoms with Gasteiger partial charge in [0.2, 0.25) is 0 Å². The molecule has 5 heteroatoms. The minimum absolute atomic E-state index is 0.0624. The van der Waals surface area contributed by atoms with Crippen molar-refractivity contribution in [2.45, 2.75) is 25.4 Å². The standard InChI is InChI=1S/C9H18N2O3/c12-7-8(13)3-4-10-9(14)11-5-1-2-6-11/h8,12-13H,1-7H2,(H,10,14)/t8-/m0/s1. The van der Waals surface area contributed by atoms with Crippen LogP contribution in [0.4, 0.5) is 4.79 Å². The predicted molar refractivity (Wildman–Crippen MR) is 51.9 cm³/mol. The van der Waals surface area contributed by atoms with Crippen LogP contribution in [0, 0.1) is 0 Å². The van der Waals surface area contributed by atoms with Crippen LogP contribution in [0.25, 0.3) is 0 Å². The second-order valence-corrected chi connectivity index (χ2v) is 3.55. The summed E-state index contributed by atoms with van der Waals surface area (Å²) in [6.07, 6.45) is 1.82. The molecule has 1 aliphatic rings. The van der Waals surface area contributed by atoms with Crippen LogP contribution in [0.15, 0.2) is 0 Å². The summed E-state index contributed by atoms with van der Waals surface area (Å²) in [5.41, 5.74) is 0. The zero-order valence-corrected chi connectivity index (χ0v) is 8.28. The number of rotatable bonds is 4. The number of urea groups is 1. The molecule has 3 N–H and O–H groups in total. The molecule has 0 radical (unpaired) electrons. The molecule has 1 aliphatic heterocycles. The summed E-state index contributed by atoms with van der Waals surface area (Å²) in [7, 11) is 0. The topological polar surface area (TPSA) is 72.8 Å². The number of aliphatic hydroxyl groups is 2. The minimum atomic E-state index is -0.728. The summed E-state index contributed by atoms with van der Waals surface area (Å²) in [5, 5.41) is 20.3. The Hall–Kier alpha value is -0.810. The van der Waals surface area contributed by atoms with E-state index in [1.54, 1.807) is 4.90 Å². The number of aliphatic hydroxyl groups excluding tert-OH is 2. The Morgan fingerprint density at radius 1 is 1.43 bits per heavy atom. The maximum absolute atomic E-state index is 11.4. The van der Waals surface area contributed by atoms with Gasteiger partial charge in [-0.05, 0) is 19.3 Å². The third kappa shape index (κ3) is 3.51. The Kier molecular flexibility index (Phi) is 4.69. The largest absolute Gasteiger partial charge is 0.394 e. The average Bonchev–Trinajstić information content (AvgIpc) is 2.70. The van der Waals surface area contributed by atoms with Crippen molar-refractivity contribution < 1.29 is 15.0 Å². The van der Waals surface area contributed by atoms with Gasteiger partial charge < -0.3 is 20.4 Å². The lowest BCUT2D eigenvalue weighted by Crippen LogP contribution is -2.39. The molecule has 0 unspecified atom stereocenters. The SMILES string of the molecule is O=C(NCC[C@H](O)CO)N1CCCC1. The first-order valence-corrected chi connectivity index (χ1v) is 5.05. The number of amides is 2. The number of hydrogen-bond donors (Lipinski definition) is 3. The second-order valence-electron chi connectivity index (χ2n) is 3.55. The number of likely N-dealkylation sites (tertiary alicyclic amines) is 1. The zero-order chi connectivity index (χ0) is 10.4. The average molecular weight is 202 g/mol. The fourth-order valence-electron chi connectivity index (χ4n) is 1.47. The van der Waals surface area contributed by atoms with Gasteiger partial charge in [0.1, 0.15) is 0 Å². The lowest BCUT2D eigenvalue weighted by molar-refractivity contribution is 0.0884. The van der Waals surface area contributed by atoms with Gasteiger partial charge in [0.15, 0.2) is 0 Å². The van der Waals surface area contributed by atoms with Gasteiger partial charge in [-0.15, -0.1) is 0 Å². The van der Waals surface area contributed by atoms with Crippen molar-refractivity contribution in [2.24, 2.45) is 0 Å². The van der Waals surface area contributed by atoms with Crippen molar-refractivity contribution in [3.05, 3.63) is 0 Å². The first-order chi connectivity index (χ1) is 6.74. The van der Waals surface area contributed by atoms with Crippen molar-refractivity contribution in [1.29, 1.82) is 0 Å². The molecule has 14 heavy (non-hydrogen) atoms. The fourth-order valence-corrected chi connectivity index (χ4v) is 1.47. The highest BCUT2D eigenvalue weighted by atomic mass is 16.3. The summed E-state index contributed by atoms with van der Waals surface area (Å²) in [6, 6.07) is -0.0624.